The Morgan fingerprint density at radius 1 is 1.24 bits per heavy atom. The summed E-state index contributed by atoms with van der Waals surface area (Å²) in [5.74, 6) is 0.617. The summed E-state index contributed by atoms with van der Waals surface area (Å²) < 4.78 is 3.52. The number of carbonyl (C=O) groups excluding carboxylic acids is 1. The molecule has 0 fully saturated rings. The first-order valence-corrected chi connectivity index (χ1v) is 8.47. The number of aryl methyl sites for hydroxylation is 2. The number of carbonyl (C=O) groups is 1. The van der Waals surface area contributed by atoms with Crippen molar-refractivity contribution in [2.45, 2.75) is 39.8 Å². The van der Waals surface area contributed by atoms with Crippen LogP contribution in [-0.2, 0) is 11.3 Å². The maximum Gasteiger partial charge on any atom is 0.250 e. The van der Waals surface area contributed by atoms with Crippen molar-refractivity contribution in [3.63, 3.8) is 0 Å². The van der Waals surface area contributed by atoms with Crippen molar-refractivity contribution in [1.29, 1.82) is 0 Å². The van der Waals surface area contributed by atoms with Gasteiger partial charge in [0, 0.05) is 18.5 Å². The van der Waals surface area contributed by atoms with Crippen LogP contribution in [0.4, 0.5) is 5.82 Å². The van der Waals surface area contributed by atoms with E-state index in [1.807, 2.05) is 42.9 Å². The summed E-state index contributed by atoms with van der Waals surface area (Å²) in [6.07, 6.45) is 4.16. The van der Waals surface area contributed by atoms with E-state index in [2.05, 4.69) is 40.6 Å². The van der Waals surface area contributed by atoms with Crippen molar-refractivity contribution >= 4 is 11.7 Å². The lowest BCUT2D eigenvalue weighted by molar-refractivity contribution is -0.119. The molecule has 2 aromatic heterocycles. The second-order valence-corrected chi connectivity index (χ2v) is 6.22. The van der Waals surface area contributed by atoms with Gasteiger partial charge in [0.1, 0.15) is 11.9 Å². The first kappa shape index (κ1) is 17.0. The van der Waals surface area contributed by atoms with Crippen molar-refractivity contribution in [2.24, 2.45) is 0 Å². The van der Waals surface area contributed by atoms with Gasteiger partial charge in [0.25, 0.3) is 0 Å². The average Bonchev–Trinajstić information content (AvgIpc) is 3.19. The molecule has 2 heterocycles. The van der Waals surface area contributed by atoms with E-state index in [0.29, 0.717) is 18.8 Å². The number of aromatic nitrogens is 4. The van der Waals surface area contributed by atoms with Crippen molar-refractivity contribution < 1.29 is 4.79 Å². The lowest BCUT2D eigenvalue weighted by Gasteiger charge is -2.16. The molecule has 1 unspecified atom stereocenters. The highest BCUT2D eigenvalue weighted by atomic mass is 16.2. The molecule has 1 N–H and O–H groups in total. The predicted molar refractivity (Wildman–Crippen MR) is 97.4 cm³/mol. The van der Waals surface area contributed by atoms with Gasteiger partial charge in [-0.1, -0.05) is 36.8 Å². The van der Waals surface area contributed by atoms with Gasteiger partial charge in [0.05, 0.1) is 12.2 Å². The normalized spacial score (nSPS) is 12.1. The highest BCUT2D eigenvalue weighted by Crippen LogP contribution is 2.17. The molecule has 6 heteroatoms. The molecule has 6 nitrogen and oxygen atoms in total. The third-order valence-corrected chi connectivity index (χ3v) is 4.10. The van der Waals surface area contributed by atoms with Crippen LogP contribution >= 0.6 is 0 Å². The highest BCUT2D eigenvalue weighted by Gasteiger charge is 2.20. The van der Waals surface area contributed by atoms with Gasteiger partial charge < -0.3 is 5.32 Å². The number of nitrogens with one attached hydrogen (secondary N) is 1. The van der Waals surface area contributed by atoms with Crippen molar-refractivity contribution in [3.8, 4) is 0 Å². The average molecular weight is 337 g/mol. The standard InChI is InChI=1S/C19H23N5O/c1-4-17(23-10-6-9-20-23)19(25)21-18-12-15(3)22-24(18)13-16-8-5-7-14(2)11-16/h5-12,17H,4,13H2,1-3H3,(H,21,25). The summed E-state index contributed by atoms with van der Waals surface area (Å²) in [5.41, 5.74) is 3.23. The molecular formula is C19H23N5O. The van der Waals surface area contributed by atoms with Gasteiger partial charge in [-0.3, -0.25) is 9.48 Å². The number of rotatable bonds is 6. The Morgan fingerprint density at radius 3 is 2.76 bits per heavy atom. The number of nitrogens with zero attached hydrogens (tertiary/aromatic N) is 4. The van der Waals surface area contributed by atoms with Crippen LogP contribution < -0.4 is 5.32 Å². The summed E-state index contributed by atoms with van der Waals surface area (Å²) >= 11 is 0. The van der Waals surface area contributed by atoms with E-state index in [9.17, 15) is 4.79 Å². The van der Waals surface area contributed by atoms with E-state index in [1.165, 1.54) is 5.56 Å². The smallest absolute Gasteiger partial charge is 0.250 e. The minimum atomic E-state index is -0.336. The van der Waals surface area contributed by atoms with Crippen LogP contribution in [0.3, 0.4) is 0 Å². The molecule has 130 valence electrons. The Morgan fingerprint density at radius 2 is 2.08 bits per heavy atom. The van der Waals surface area contributed by atoms with E-state index in [4.69, 9.17) is 0 Å². The number of hydrogen-bond acceptors (Lipinski definition) is 3. The van der Waals surface area contributed by atoms with Gasteiger partial charge in [-0.15, -0.1) is 0 Å². The van der Waals surface area contributed by atoms with Crippen LogP contribution in [-0.4, -0.2) is 25.5 Å². The zero-order chi connectivity index (χ0) is 17.8. The van der Waals surface area contributed by atoms with Crippen LogP contribution in [0.25, 0.3) is 0 Å². The van der Waals surface area contributed by atoms with Crippen molar-refractivity contribution in [1.82, 2.24) is 19.6 Å². The number of hydrogen-bond donors (Lipinski definition) is 1. The van der Waals surface area contributed by atoms with Crippen LogP contribution in [0, 0.1) is 13.8 Å². The van der Waals surface area contributed by atoms with Gasteiger partial charge in [-0.05, 0) is 31.9 Å². The Balaban J connectivity index is 1.79. The van der Waals surface area contributed by atoms with Crippen LogP contribution in [0.2, 0.25) is 0 Å². The highest BCUT2D eigenvalue weighted by molar-refractivity contribution is 5.92. The first-order chi connectivity index (χ1) is 12.1. The molecule has 0 bridgehead atoms. The fourth-order valence-corrected chi connectivity index (χ4v) is 2.92. The second-order valence-electron chi connectivity index (χ2n) is 6.22. The van der Waals surface area contributed by atoms with Gasteiger partial charge in [-0.2, -0.15) is 10.2 Å². The molecule has 0 aliphatic heterocycles. The van der Waals surface area contributed by atoms with E-state index >= 15 is 0 Å². The quantitative estimate of drug-likeness (QED) is 0.750. The Labute approximate surface area is 147 Å². The molecular weight excluding hydrogens is 314 g/mol. The number of amides is 1. The maximum atomic E-state index is 12.7. The molecule has 1 amide bonds. The summed E-state index contributed by atoms with van der Waals surface area (Å²) in [4.78, 5) is 12.7. The van der Waals surface area contributed by atoms with Crippen molar-refractivity contribution in [3.05, 3.63) is 65.6 Å². The number of benzene rings is 1. The first-order valence-electron chi connectivity index (χ1n) is 8.47. The van der Waals surface area contributed by atoms with Gasteiger partial charge in [0.15, 0.2) is 0 Å². The predicted octanol–water partition coefficient (Wildman–Crippen LogP) is 3.33. The Bertz CT molecular complexity index is 851. The lowest BCUT2D eigenvalue weighted by Crippen LogP contribution is -2.27. The fourth-order valence-electron chi connectivity index (χ4n) is 2.92. The van der Waals surface area contributed by atoms with Crippen LogP contribution in [0.1, 0.15) is 36.2 Å². The molecule has 0 aliphatic carbocycles. The summed E-state index contributed by atoms with van der Waals surface area (Å²) in [7, 11) is 0. The van der Waals surface area contributed by atoms with E-state index in [0.717, 1.165) is 11.3 Å². The molecule has 0 spiro atoms. The lowest BCUT2D eigenvalue weighted by atomic mass is 10.1. The van der Waals surface area contributed by atoms with Crippen LogP contribution in [0.15, 0.2) is 48.8 Å². The van der Waals surface area contributed by atoms with E-state index in [-0.39, 0.29) is 11.9 Å². The summed E-state index contributed by atoms with van der Waals surface area (Å²) in [6, 6.07) is 11.7. The second kappa shape index (κ2) is 7.34. The third kappa shape index (κ3) is 3.96. The molecule has 0 saturated heterocycles. The minimum Gasteiger partial charge on any atom is -0.309 e. The molecule has 1 aromatic carbocycles. The zero-order valence-electron chi connectivity index (χ0n) is 14.8. The summed E-state index contributed by atoms with van der Waals surface area (Å²) in [6.45, 7) is 6.58. The maximum absolute atomic E-state index is 12.7. The molecule has 3 aromatic rings. The van der Waals surface area contributed by atoms with Gasteiger partial charge in [0.2, 0.25) is 5.91 Å². The SMILES string of the molecule is CCC(C(=O)Nc1cc(C)nn1Cc1cccc(C)c1)n1cccn1. The van der Waals surface area contributed by atoms with Gasteiger partial charge in [-0.25, -0.2) is 4.68 Å². The molecule has 0 aliphatic rings. The van der Waals surface area contributed by atoms with Gasteiger partial charge >= 0.3 is 0 Å². The van der Waals surface area contributed by atoms with Crippen LogP contribution in [0.5, 0.6) is 0 Å². The fraction of sp³-hybridized carbons (Fsp3) is 0.316. The zero-order valence-corrected chi connectivity index (χ0v) is 14.8. The molecule has 1 atom stereocenters. The summed E-state index contributed by atoms with van der Waals surface area (Å²) in [5, 5.41) is 11.7. The van der Waals surface area contributed by atoms with E-state index < -0.39 is 0 Å². The monoisotopic (exact) mass is 337 g/mol. The Kier molecular flexibility index (Phi) is 4.97. The third-order valence-electron chi connectivity index (χ3n) is 4.10. The Hall–Kier alpha value is -2.89. The van der Waals surface area contributed by atoms with Crippen molar-refractivity contribution in [2.75, 3.05) is 5.32 Å². The largest absolute Gasteiger partial charge is 0.309 e. The minimum absolute atomic E-state index is 0.0865. The molecule has 25 heavy (non-hydrogen) atoms. The van der Waals surface area contributed by atoms with E-state index in [1.54, 1.807) is 10.9 Å². The number of anilines is 1. The molecule has 3 rings (SSSR count). The topological polar surface area (TPSA) is 64.7 Å². The molecule has 0 saturated carbocycles. The molecule has 0 radical (unpaired) electrons.